The van der Waals surface area contributed by atoms with Crippen LogP contribution in [0.15, 0.2) is 42.5 Å². The third kappa shape index (κ3) is 4.81. The van der Waals surface area contributed by atoms with Gasteiger partial charge in [-0.15, -0.1) is 0 Å². The van der Waals surface area contributed by atoms with Gasteiger partial charge >= 0.3 is 12.0 Å². The lowest BCUT2D eigenvalue weighted by atomic mass is 10.1. The summed E-state index contributed by atoms with van der Waals surface area (Å²) in [5.41, 5.74) is 6.91. The number of methoxy groups -OCH3 is 1. The molecule has 0 atom stereocenters. The number of hydrogen-bond acceptors (Lipinski definition) is 5. The molecule has 2 aromatic rings. The highest BCUT2D eigenvalue weighted by atomic mass is 16.5. The third-order valence-corrected chi connectivity index (χ3v) is 3.43. The van der Waals surface area contributed by atoms with E-state index in [1.165, 1.54) is 38.3 Å². The molecule has 0 saturated heterocycles. The standard InChI is InChI=1S/C18H18N2O5/c1-11(21)13-5-8-16(24-2)14(9-13)10-25-17(22)12-3-6-15(7-4-12)20-18(19)23/h3-9H,10H2,1-2H3,(H3,19,20,23). The quantitative estimate of drug-likeness (QED) is 0.620. The first-order valence-electron chi connectivity index (χ1n) is 7.42. The lowest BCUT2D eigenvalue weighted by Gasteiger charge is -2.11. The van der Waals surface area contributed by atoms with Crippen molar-refractivity contribution in [1.29, 1.82) is 0 Å². The number of carbonyl (C=O) groups is 3. The number of hydrogen-bond donors (Lipinski definition) is 2. The Morgan fingerprint density at radius 2 is 1.68 bits per heavy atom. The maximum Gasteiger partial charge on any atom is 0.338 e. The van der Waals surface area contributed by atoms with Crippen molar-refractivity contribution in [2.24, 2.45) is 5.73 Å². The first-order valence-corrected chi connectivity index (χ1v) is 7.42. The van der Waals surface area contributed by atoms with Gasteiger partial charge in [-0.3, -0.25) is 4.79 Å². The summed E-state index contributed by atoms with van der Waals surface area (Å²) in [6, 6.07) is 10.4. The average Bonchev–Trinajstić information content (AvgIpc) is 2.59. The summed E-state index contributed by atoms with van der Waals surface area (Å²) in [5, 5.41) is 2.40. The van der Waals surface area contributed by atoms with E-state index in [4.69, 9.17) is 15.2 Å². The summed E-state index contributed by atoms with van der Waals surface area (Å²) in [6.07, 6.45) is 0. The van der Waals surface area contributed by atoms with Gasteiger partial charge < -0.3 is 20.5 Å². The summed E-state index contributed by atoms with van der Waals surface area (Å²) in [5.74, 6) is -0.104. The summed E-state index contributed by atoms with van der Waals surface area (Å²) >= 11 is 0. The fraction of sp³-hybridized carbons (Fsp3) is 0.167. The molecule has 0 unspecified atom stereocenters. The molecule has 0 radical (unpaired) electrons. The molecule has 3 N–H and O–H groups in total. The number of Topliss-reactive ketones (excluding diaryl/α,β-unsaturated/α-hetero) is 1. The van der Waals surface area contributed by atoms with Gasteiger partial charge in [0.25, 0.3) is 0 Å². The summed E-state index contributed by atoms with van der Waals surface area (Å²) in [7, 11) is 1.50. The Balaban J connectivity index is 2.07. The van der Waals surface area contributed by atoms with Gasteiger partial charge in [0.05, 0.1) is 12.7 Å². The van der Waals surface area contributed by atoms with Gasteiger partial charge in [-0.25, -0.2) is 9.59 Å². The van der Waals surface area contributed by atoms with Crippen LogP contribution in [0.1, 0.15) is 33.2 Å². The number of carbonyl (C=O) groups excluding carboxylic acids is 3. The SMILES string of the molecule is COc1ccc(C(C)=O)cc1COC(=O)c1ccc(NC(N)=O)cc1. The van der Waals surface area contributed by atoms with Gasteiger partial charge in [0, 0.05) is 16.8 Å². The van der Waals surface area contributed by atoms with Crippen LogP contribution in [0.2, 0.25) is 0 Å². The lowest BCUT2D eigenvalue weighted by Crippen LogP contribution is -2.19. The Hall–Kier alpha value is -3.35. The van der Waals surface area contributed by atoms with Crippen molar-refractivity contribution in [1.82, 2.24) is 0 Å². The molecule has 2 rings (SSSR count). The number of esters is 1. The largest absolute Gasteiger partial charge is 0.496 e. The first kappa shape index (κ1) is 18.0. The molecule has 0 saturated carbocycles. The van der Waals surface area contributed by atoms with Crippen molar-refractivity contribution in [3.8, 4) is 5.75 Å². The maximum atomic E-state index is 12.1. The van der Waals surface area contributed by atoms with E-state index in [1.54, 1.807) is 18.2 Å². The zero-order chi connectivity index (χ0) is 18.4. The number of amides is 2. The molecule has 25 heavy (non-hydrogen) atoms. The number of ether oxygens (including phenoxy) is 2. The van der Waals surface area contributed by atoms with E-state index in [0.29, 0.717) is 28.1 Å². The molecule has 0 aliphatic carbocycles. The van der Waals surface area contributed by atoms with E-state index in [0.717, 1.165) is 0 Å². The van der Waals surface area contributed by atoms with Gasteiger partial charge in [0.1, 0.15) is 12.4 Å². The Labute approximate surface area is 144 Å². The molecule has 2 amide bonds. The van der Waals surface area contributed by atoms with Crippen molar-refractivity contribution in [2.75, 3.05) is 12.4 Å². The Kier molecular flexibility index (Phi) is 5.73. The van der Waals surface area contributed by atoms with Crippen molar-refractivity contribution in [3.05, 3.63) is 59.2 Å². The molecule has 130 valence electrons. The van der Waals surface area contributed by atoms with E-state index in [2.05, 4.69) is 5.32 Å². The number of nitrogens with two attached hydrogens (primary N) is 1. The van der Waals surface area contributed by atoms with E-state index in [9.17, 15) is 14.4 Å². The Bertz CT molecular complexity index is 800. The maximum absolute atomic E-state index is 12.1. The molecule has 7 nitrogen and oxygen atoms in total. The van der Waals surface area contributed by atoms with E-state index >= 15 is 0 Å². The van der Waals surface area contributed by atoms with E-state index in [1.807, 2.05) is 0 Å². The minimum atomic E-state index is -0.687. The summed E-state index contributed by atoms with van der Waals surface area (Å²) < 4.78 is 10.5. The van der Waals surface area contributed by atoms with Crippen molar-refractivity contribution in [2.45, 2.75) is 13.5 Å². The van der Waals surface area contributed by atoms with Crippen molar-refractivity contribution < 1.29 is 23.9 Å². The van der Waals surface area contributed by atoms with Crippen LogP contribution in [-0.4, -0.2) is 24.9 Å². The van der Waals surface area contributed by atoms with Gasteiger partial charge in [-0.2, -0.15) is 0 Å². The number of nitrogens with one attached hydrogen (secondary N) is 1. The van der Waals surface area contributed by atoms with Crippen molar-refractivity contribution >= 4 is 23.5 Å². The molecule has 0 fully saturated rings. The monoisotopic (exact) mass is 342 g/mol. The topological polar surface area (TPSA) is 108 Å². The molecule has 0 aromatic heterocycles. The number of benzene rings is 2. The first-order chi connectivity index (χ1) is 11.9. The fourth-order valence-electron chi connectivity index (χ4n) is 2.17. The zero-order valence-corrected chi connectivity index (χ0v) is 13.9. The molecule has 7 heteroatoms. The molecule has 0 spiro atoms. The van der Waals surface area contributed by atoms with Crippen molar-refractivity contribution in [3.63, 3.8) is 0 Å². The smallest absolute Gasteiger partial charge is 0.338 e. The second-order valence-electron chi connectivity index (χ2n) is 5.23. The fourth-order valence-corrected chi connectivity index (χ4v) is 2.17. The Morgan fingerprint density at radius 1 is 1.04 bits per heavy atom. The number of primary amides is 1. The molecule has 0 aliphatic rings. The lowest BCUT2D eigenvalue weighted by molar-refractivity contribution is 0.0470. The summed E-state index contributed by atoms with van der Waals surface area (Å²) in [6.45, 7) is 1.42. The number of urea groups is 1. The van der Waals surface area contributed by atoms with E-state index < -0.39 is 12.0 Å². The predicted octanol–water partition coefficient (Wildman–Crippen LogP) is 2.75. The highest BCUT2D eigenvalue weighted by Crippen LogP contribution is 2.22. The van der Waals surface area contributed by atoms with Crippen LogP contribution in [0.3, 0.4) is 0 Å². The second-order valence-corrected chi connectivity index (χ2v) is 5.23. The molecular formula is C18H18N2O5. The number of rotatable bonds is 6. The number of anilines is 1. The third-order valence-electron chi connectivity index (χ3n) is 3.43. The highest BCUT2D eigenvalue weighted by Gasteiger charge is 2.12. The van der Waals surface area contributed by atoms with Crippen LogP contribution in [0, 0.1) is 0 Å². The molecule has 0 bridgehead atoms. The van der Waals surface area contributed by atoms with Crippen LogP contribution < -0.4 is 15.8 Å². The number of ketones is 1. The van der Waals surface area contributed by atoms with Gasteiger partial charge in [0.2, 0.25) is 0 Å². The molecule has 2 aromatic carbocycles. The zero-order valence-electron chi connectivity index (χ0n) is 13.9. The van der Waals surface area contributed by atoms with Crippen LogP contribution in [0.4, 0.5) is 10.5 Å². The Morgan fingerprint density at radius 3 is 2.24 bits per heavy atom. The molecule has 0 aliphatic heterocycles. The summed E-state index contributed by atoms with van der Waals surface area (Å²) in [4.78, 5) is 34.4. The van der Waals surface area contributed by atoms with Gasteiger partial charge in [-0.05, 0) is 49.4 Å². The minimum absolute atomic E-state index is 0.0373. The normalized spacial score (nSPS) is 10.0. The van der Waals surface area contributed by atoms with Crippen LogP contribution >= 0.6 is 0 Å². The minimum Gasteiger partial charge on any atom is -0.496 e. The van der Waals surface area contributed by atoms with Crippen LogP contribution in [-0.2, 0) is 11.3 Å². The molecule has 0 heterocycles. The van der Waals surface area contributed by atoms with Gasteiger partial charge in [-0.1, -0.05) is 0 Å². The van der Waals surface area contributed by atoms with Crippen LogP contribution in [0.5, 0.6) is 5.75 Å². The average molecular weight is 342 g/mol. The second kappa shape index (κ2) is 7.96. The highest BCUT2D eigenvalue weighted by molar-refractivity contribution is 5.94. The van der Waals surface area contributed by atoms with Gasteiger partial charge in [0.15, 0.2) is 5.78 Å². The molecular weight excluding hydrogens is 324 g/mol. The van der Waals surface area contributed by atoms with E-state index in [-0.39, 0.29) is 12.4 Å². The van der Waals surface area contributed by atoms with Crippen LogP contribution in [0.25, 0.3) is 0 Å². The predicted molar refractivity (Wildman–Crippen MR) is 91.8 cm³/mol.